The molecule has 0 saturated carbocycles. The Hall–Kier alpha value is -2.67. The minimum Gasteiger partial charge on any atom is -0.478 e. The monoisotopic (exact) mass is 375 g/mol. The molecule has 0 radical (unpaired) electrons. The second kappa shape index (κ2) is 7.70. The molecule has 0 unspecified atom stereocenters. The summed E-state index contributed by atoms with van der Waals surface area (Å²) in [7, 11) is -3.57. The molecule has 7 heteroatoms. The molecular weight excluding hydrogens is 354 g/mol. The van der Waals surface area contributed by atoms with Gasteiger partial charge in [-0.25, -0.2) is 13.2 Å². The SMILES string of the molecule is CCCS(=O)(=O)c1ccccc1C(=O)Nc1cc(C(=O)O)c(C)cc1C. The lowest BCUT2D eigenvalue weighted by atomic mass is 10.0. The number of aryl methyl sites for hydroxylation is 2. The van der Waals surface area contributed by atoms with Gasteiger partial charge in [-0.15, -0.1) is 0 Å². The summed E-state index contributed by atoms with van der Waals surface area (Å²) in [5.41, 5.74) is 1.73. The van der Waals surface area contributed by atoms with Crippen LogP contribution in [-0.4, -0.2) is 31.2 Å². The first-order chi connectivity index (χ1) is 12.2. The van der Waals surface area contributed by atoms with Crippen LogP contribution >= 0.6 is 0 Å². The van der Waals surface area contributed by atoms with Gasteiger partial charge in [0.25, 0.3) is 5.91 Å². The number of hydrogen-bond acceptors (Lipinski definition) is 4. The van der Waals surface area contributed by atoms with Gasteiger partial charge in [0.1, 0.15) is 0 Å². The topological polar surface area (TPSA) is 101 Å². The fourth-order valence-corrected chi connectivity index (χ4v) is 4.25. The normalized spacial score (nSPS) is 11.2. The molecule has 0 fully saturated rings. The van der Waals surface area contributed by atoms with Crippen LogP contribution in [0.3, 0.4) is 0 Å². The van der Waals surface area contributed by atoms with E-state index in [4.69, 9.17) is 0 Å². The number of amides is 1. The number of sulfone groups is 1. The first kappa shape index (κ1) is 19.7. The van der Waals surface area contributed by atoms with E-state index >= 15 is 0 Å². The van der Waals surface area contributed by atoms with Crippen LogP contribution in [0.4, 0.5) is 5.69 Å². The Labute approximate surface area is 152 Å². The molecule has 1 amide bonds. The number of nitrogens with one attached hydrogen (secondary N) is 1. The number of carbonyl (C=O) groups excluding carboxylic acids is 1. The Morgan fingerprint density at radius 3 is 2.31 bits per heavy atom. The minimum absolute atomic E-state index is 0.0254. The standard InChI is InChI=1S/C19H21NO5S/c1-4-9-26(24,25)17-8-6-5-7-14(17)18(21)20-16-11-15(19(22)23)12(2)10-13(16)3/h5-8,10-11H,4,9H2,1-3H3,(H,20,21)(H,22,23). The molecule has 0 atom stereocenters. The zero-order valence-electron chi connectivity index (χ0n) is 14.9. The second-order valence-electron chi connectivity index (χ2n) is 6.06. The zero-order valence-corrected chi connectivity index (χ0v) is 15.7. The van der Waals surface area contributed by atoms with E-state index in [1.165, 1.54) is 18.2 Å². The van der Waals surface area contributed by atoms with Gasteiger partial charge < -0.3 is 10.4 Å². The fraction of sp³-hybridized carbons (Fsp3) is 0.263. The molecule has 2 N–H and O–H groups in total. The van der Waals surface area contributed by atoms with Gasteiger partial charge in [0.15, 0.2) is 9.84 Å². The third-order valence-corrected chi connectivity index (χ3v) is 5.96. The van der Waals surface area contributed by atoms with Gasteiger partial charge in [-0.1, -0.05) is 25.1 Å². The third kappa shape index (κ3) is 4.11. The highest BCUT2D eigenvalue weighted by atomic mass is 32.2. The summed E-state index contributed by atoms with van der Waals surface area (Å²) >= 11 is 0. The predicted octanol–water partition coefficient (Wildman–Crippen LogP) is 3.44. The van der Waals surface area contributed by atoms with E-state index in [1.54, 1.807) is 39.0 Å². The lowest BCUT2D eigenvalue weighted by molar-refractivity contribution is 0.0695. The molecule has 0 heterocycles. The number of carboxylic acid groups (broad SMARTS) is 1. The van der Waals surface area contributed by atoms with Crippen molar-refractivity contribution in [1.29, 1.82) is 0 Å². The predicted molar refractivity (Wildman–Crippen MR) is 99.6 cm³/mol. The van der Waals surface area contributed by atoms with Crippen LogP contribution in [-0.2, 0) is 9.84 Å². The van der Waals surface area contributed by atoms with E-state index in [0.717, 1.165) is 0 Å². The molecule has 0 spiro atoms. The van der Waals surface area contributed by atoms with Crippen LogP contribution in [0.15, 0.2) is 41.3 Å². The van der Waals surface area contributed by atoms with Crippen LogP contribution in [0.1, 0.15) is 45.2 Å². The molecule has 26 heavy (non-hydrogen) atoms. The van der Waals surface area contributed by atoms with Crippen LogP contribution in [0, 0.1) is 13.8 Å². The molecule has 0 aliphatic heterocycles. The van der Waals surface area contributed by atoms with Crippen LogP contribution in [0.2, 0.25) is 0 Å². The average Bonchev–Trinajstić information content (AvgIpc) is 2.56. The maximum absolute atomic E-state index is 12.7. The van der Waals surface area contributed by atoms with Gasteiger partial charge in [0.2, 0.25) is 0 Å². The van der Waals surface area contributed by atoms with Crippen LogP contribution in [0.5, 0.6) is 0 Å². The van der Waals surface area contributed by atoms with E-state index in [2.05, 4.69) is 5.32 Å². The van der Waals surface area contributed by atoms with Crippen molar-refractivity contribution in [2.24, 2.45) is 0 Å². The molecule has 2 aromatic carbocycles. The molecule has 0 aromatic heterocycles. The summed E-state index contributed by atoms with van der Waals surface area (Å²) in [6.07, 6.45) is 0.442. The third-order valence-electron chi connectivity index (χ3n) is 3.99. The van der Waals surface area contributed by atoms with Crippen molar-refractivity contribution >= 4 is 27.4 Å². The number of hydrogen-bond donors (Lipinski definition) is 2. The van der Waals surface area contributed by atoms with Crippen LogP contribution < -0.4 is 5.32 Å². The maximum atomic E-state index is 12.7. The average molecular weight is 375 g/mol. The fourth-order valence-electron chi connectivity index (χ4n) is 2.71. The summed E-state index contributed by atoms with van der Waals surface area (Å²) in [6, 6.07) is 9.06. The number of aromatic carboxylic acids is 1. The molecule has 0 aliphatic rings. The van der Waals surface area contributed by atoms with Gasteiger partial charge in [-0.05, 0) is 49.6 Å². The van der Waals surface area contributed by atoms with Crippen molar-refractivity contribution in [3.8, 4) is 0 Å². The van der Waals surface area contributed by atoms with E-state index in [0.29, 0.717) is 23.2 Å². The Kier molecular flexibility index (Phi) is 5.82. The largest absolute Gasteiger partial charge is 0.478 e. The van der Waals surface area contributed by atoms with Crippen molar-refractivity contribution in [3.05, 3.63) is 58.7 Å². The second-order valence-corrected chi connectivity index (χ2v) is 8.13. The molecular formula is C19H21NO5S. The van der Waals surface area contributed by atoms with E-state index in [1.807, 2.05) is 0 Å². The smallest absolute Gasteiger partial charge is 0.336 e. The molecule has 2 rings (SSSR count). The van der Waals surface area contributed by atoms with Crippen molar-refractivity contribution in [2.45, 2.75) is 32.1 Å². The lowest BCUT2D eigenvalue weighted by Crippen LogP contribution is -2.18. The van der Waals surface area contributed by atoms with Crippen LogP contribution in [0.25, 0.3) is 0 Å². The van der Waals surface area contributed by atoms with Gasteiger partial charge in [0.05, 0.1) is 21.8 Å². The number of rotatable bonds is 6. The zero-order chi connectivity index (χ0) is 19.5. The van der Waals surface area contributed by atoms with Gasteiger partial charge in [0, 0.05) is 5.69 Å². The summed E-state index contributed by atoms with van der Waals surface area (Å²) in [4.78, 5) is 24.0. The van der Waals surface area contributed by atoms with Crippen molar-refractivity contribution < 1.29 is 23.1 Å². The maximum Gasteiger partial charge on any atom is 0.336 e. The molecule has 0 bridgehead atoms. The first-order valence-corrected chi connectivity index (χ1v) is 9.80. The van der Waals surface area contributed by atoms with E-state index in [-0.39, 0.29) is 21.8 Å². The Morgan fingerprint density at radius 2 is 1.69 bits per heavy atom. The Morgan fingerprint density at radius 1 is 1.04 bits per heavy atom. The number of anilines is 1. The highest BCUT2D eigenvalue weighted by Gasteiger charge is 2.22. The lowest BCUT2D eigenvalue weighted by Gasteiger charge is -2.13. The summed E-state index contributed by atoms with van der Waals surface area (Å²) < 4.78 is 24.8. The first-order valence-electron chi connectivity index (χ1n) is 8.15. The quantitative estimate of drug-likeness (QED) is 0.805. The van der Waals surface area contributed by atoms with Gasteiger partial charge in [-0.3, -0.25) is 4.79 Å². The van der Waals surface area contributed by atoms with Crippen molar-refractivity contribution in [2.75, 3.05) is 11.1 Å². The minimum atomic E-state index is -3.57. The van der Waals surface area contributed by atoms with Crippen molar-refractivity contribution in [3.63, 3.8) is 0 Å². The highest BCUT2D eigenvalue weighted by Crippen LogP contribution is 2.24. The molecule has 138 valence electrons. The highest BCUT2D eigenvalue weighted by molar-refractivity contribution is 7.91. The number of benzene rings is 2. The molecule has 0 aliphatic carbocycles. The van der Waals surface area contributed by atoms with E-state index < -0.39 is 21.7 Å². The molecule has 0 saturated heterocycles. The Bertz CT molecular complexity index is 964. The molecule has 6 nitrogen and oxygen atoms in total. The summed E-state index contributed by atoms with van der Waals surface area (Å²) in [6.45, 7) is 5.17. The van der Waals surface area contributed by atoms with Gasteiger partial charge in [-0.2, -0.15) is 0 Å². The Balaban J connectivity index is 2.44. The van der Waals surface area contributed by atoms with Crippen molar-refractivity contribution in [1.82, 2.24) is 0 Å². The van der Waals surface area contributed by atoms with E-state index in [9.17, 15) is 23.1 Å². The molecule has 2 aromatic rings. The number of carboxylic acids is 1. The summed E-state index contributed by atoms with van der Waals surface area (Å²) in [5.74, 6) is -1.74. The number of carbonyl (C=O) groups is 2. The summed E-state index contributed by atoms with van der Waals surface area (Å²) in [5, 5.41) is 11.9. The van der Waals surface area contributed by atoms with Gasteiger partial charge >= 0.3 is 5.97 Å².